The molecule has 0 saturated heterocycles. The van der Waals surface area contributed by atoms with Crippen LogP contribution in [0.25, 0.3) is 11.0 Å². The second kappa shape index (κ2) is 11.4. The molecule has 1 aliphatic carbocycles. The molecule has 220 valence electrons. The van der Waals surface area contributed by atoms with Gasteiger partial charge in [0.15, 0.2) is 17.3 Å². The summed E-state index contributed by atoms with van der Waals surface area (Å²) in [6.07, 6.45) is 2.05. The van der Waals surface area contributed by atoms with Gasteiger partial charge in [-0.1, -0.05) is 0 Å². The first kappa shape index (κ1) is 29.0. The van der Waals surface area contributed by atoms with Gasteiger partial charge in [-0.2, -0.15) is 0 Å². The van der Waals surface area contributed by atoms with Crippen molar-refractivity contribution in [3.05, 3.63) is 87.7 Å². The quantitative estimate of drug-likeness (QED) is 0.225. The molecule has 1 atom stereocenters. The lowest BCUT2D eigenvalue weighted by molar-refractivity contribution is -0.124. The number of benzene rings is 2. The summed E-state index contributed by atoms with van der Waals surface area (Å²) in [4.78, 5) is 80.3. The van der Waals surface area contributed by atoms with Gasteiger partial charge in [-0.05, 0) is 55.8 Å². The average Bonchev–Trinajstić information content (AvgIpc) is 3.44. The third kappa shape index (κ3) is 5.18. The molecule has 0 spiro atoms. The highest BCUT2D eigenvalue weighted by atomic mass is 16.5. The van der Waals surface area contributed by atoms with Crippen molar-refractivity contribution in [2.45, 2.75) is 19.8 Å². The second-order valence-electron chi connectivity index (χ2n) is 9.71. The number of methoxy groups -OCH3 is 2. The smallest absolute Gasteiger partial charge is 0.349 e. The van der Waals surface area contributed by atoms with Crippen LogP contribution in [0, 0.1) is 0 Å². The Kier molecular flexibility index (Phi) is 7.68. The molecule has 2 aromatic carbocycles. The van der Waals surface area contributed by atoms with Crippen molar-refractivity contribution in [3.63, 3.8) is 0 Å². The monoisotopic (exact) mass is 585 g/mol. The lowest BCUT2D eigenvalue weighted by Gasteiger charge is -2.21. The van der Waals surface area contributed by atoms with Crippen LogP contribution in [-0.4, -0.2) is 56.6 Å². The molecule has 0 saturated carbocycles. The molecule has 3 aromatic rings. The Balaban J connectivity index is 1.53. The molecular formula is C31H27N3O9. The minimum Gasteiger partial charge on any atom is -0.493 e. The summed E-state index contributed by atoms with van der Waals surface area (Å²) in [7, 11) is 2.48. The third-order valence-corrected chi connectivity index (χ3v) is 7.27. The number of carbonyl (C=O) groups excluding carboxylic acids is 5. The highest BCUT2D eigenvalue weighted by molar-refractivity contribution is 6.30. The van der Waals surface area contributed by atoms with Gasteiger partial charge in [0.25, 0.3) is 11.8 Å². The molecule has 0 bridgehead atoms. The van der Waals surface area contributed by atoms with Crippen LogP contribution in [0.1, 0.15) is 35.7 Å². The van der Waals surface area contributed by atoms with Crippen molar-refractivity contribution in [1.29, 1.82) is 0 Å². The molecule has 1 aliphatic heterocycles. The molecular weight excluding hydrogens is 558 g/mol. The number of hydrogen-bond acceptors (Lipinski definition) is 10. The Labute approximate surface area is 245 Å². The first-order valence-corrected chi connectivity index (χ1v) is 13.4. The number of Topliss-reactive ketones (excluding diaryl/α,β-unsaturated/α-hetero) is 1. The van der Waals surface area contributed by atoms with Gasteiger partial charge in [0.05, 0.1) is 26.0 Å². The van der Waals surface area contributed by atoms with Crippen molar-refractivity contribution in [2.24, 2.45) is 0 Å². The predicted octanol–water partition coefficient (Wildman–Crippen LogP) is 3.06. The lowest BCUT2D eigenvalue weighted by Crippen LogP contribution is -2.31. The predicted molar refractivity (Wildman–Crippen MR) is 156 cm³/mol. The van der Waals surface area contributed by atoms with Crippen LogP contribution in [0.4, 0.5) is 17.1 Å². The maximum Gasteiger partial charge on any atom is 0.349 e. The van der Waals surface area contributed by atoms with E-state index in [2.05, 4.69) is 10.2 Å². The second-order valence-corrected chi connectivity index (χ2v) is 9.71. The standard InChI is InChI=1S/C31H27N3O9/c1-5-33(6-2)19-8-7-16-11-21(31(40)43-23(16)13-19)29(38)32-18-9-17(27-22(35)14-24(41-3)28(27)37)10-20(12-18)34-26(36)15-25(42-4)30(34)39/h7-15,27H,5-6H2,1-4H3,(H,32,38). The van der Waals surface area contributed by atoms with E-state index in [1.54, 1.807) is 12.1 Å². The molecule has 12 heteroatoms. The van der Waals surface area contributed by atoms with Gasteiger partial charge in [-0.15, -0.1) is 0 Å². The SMILES string of the molecule is CCN(CC)c1ccc2cc(C(=O)Nc3cc(C4C(=O)C=C(OC)C4=O)cc(N4C(=O)C=C(OC)C4=O)c3)c(=O)oc2c1. The van der Waals surface area contributed by atoms with Gasteiger partial charge in [0.1, 0.15) is 17.1 Å². The maximum atomic E-state index is 13.3. The molecule has 2 heterocycles. The number of nitrogens with one attached hydrogen (secondary N) is 1. The van der Waals surface area contributed by atoms with E-state index in [1.807, 2.05) is 19.9 Å². The number of allylic oxidation sites excluding steroid dienone is 2. The van der Waals surface area contributed by atoms with E-state index in [0.29, 0.717) is 11.0 Å². The van der Waals surface area contributed by atoms with Crippen molar-refractivity contribution in [3.8, 4) is 0 Å². The van der Waals surface area contributed by atoms with Crippen LogP contribution < -0.4 is 20.7 Å². The van der Waals surface area contributed by atoms with Crippen LogP contribution in [-0.2, 0) is 28.7 Å². The van der Waals surface area contributed by atoms with E-state index in [0.717, 1.165) is 35.8 Å². The number of ketones is 2. The number of nitrogens with zero attached hydrogens (tertiary/aromatic N) is 2. The van der Waals surface area contributed by atoms with Gasteiger partial charge in [0.2, 0.25) is 5.78 Å². The van der Waals surface area contributed by atoms with Gasteiger partial charge in [-0.3, -0.25) is 24.0 Å². The molecule has 1 N–H and O–H groups in total. The Bertz CT molecular complexity index is 1760. The minimum absolute atomic E-state index is 0.00631. The Hall–Kier alpha value is -5.52. The number of anilines is 3. The van der Waals surface area contributed by atoms with Crippen LogP contribution in [0.2, 0.25) is 0 Å². The first-order chi connectivity index (χ1) is 20.6. The Morgan fingerprint density at radius 3 is 2.28 bits per heavy atom. The summed E-state index contributed by atoms with van der Waals surface area (Å²) in [5.74, 6) is -5.26. The number of hydrogen-bond donors (Lipinski definition) is 1. The highest BCUT2D eigenvalue weighted by Gasteiger charge is 2.39. The Morgan fingerprint density at radius 1 is 0.930 bits per heavy atom. The van der Waals surface area contributed by atoms with Gasteiger partial charge < -0.3 is 24.1 Å². The summed E-state index contributed by atoms with van der Waals surface area (Å²) >= 11 is 0. The van der Waals surface area contributed by atoms with Gasteiger partial charge in [0, 0.05) is 42.0 Å². The van der Waals surface area contributed by atoms with Gasteiger partial charge in [-0.25, -0.2) is 9.69 Å². The van der Waals surface area contributed by atoms with Crippen molar-refractivity contribution in [1.82, 2.24) is 0 Å². The third-order valence-electron chi connectivity index (χ3n) is 7.27. The fourth-order valence-electron chi connectivity index (χ4n) is 5.11. The van der Waals surface area contributed by atoms with E-state index in [9.17, 15) is 28.8 Å². The topological polar surface area (TPSA) is 153 Å². The normalized spacial score (nSPS) is 16.5. The van der Waals surface area contributed by atoms with Crippen LogP contribution >= 0.6 is 0 Å². The molecule has 5 rings (SSSR count). The summed E-state index contributed by atoms with van der Waals surface area (Å²) in [5.41, 5.74) is 0.0462. The molecule has 1 aromatic heterocycles. The van der Waals surface area contributed by atoms with Gasteiger partial charge >= 0.3 is 11.5 Å². The zero-order valence-electron chi connectivity index (χ0n) is 23.8. The van der Waals surface area contributed by atoms with Crippen LogP contribution in [0.3, 0.4) is 0 Å². The number of ether oxygens (including phenoxy) is 2. The maximum absolute atomic E-state index is 13.3. The molecule has 2 aliphatic rings. The number of imide groups is 1. The zero-order chi connectivity index (χ0) is 31.0. The molecule has 1 unspecified atom stereocenters. The summed E-state index contributed by atoms with van der Waals surface area (Å²) < 4.78 is 15.4. The molecule has 12 nitrogen and oxygen atoms in total. The fourth-order valence-corrected chi connectivity index (χ4v) is 5.11. The molecule has 0 fully saturated rings. The minimum atomic E-state index is -1.33. The van der Waals surface area contributed by atoms with Crippen molar-refractivity contribution in [2.75, 3.05) is 42.4 Å². The number of carbonyl (C=O) groups is 5. The fraction of sp³-hybridized carbons (Fsp3) is 0.226. The van der Waals surface area contributed by atoms with Crippen molar-refractivity contribution < 1.29 is 37.9 Å². The molecule has 0 radical (unpaired) electrons. The summed E-state index contributed by atoms with van der Waals surface area (Å²) in [6.45, 7) is 5.52. The van der Waals surface area contributed by atoms with E-state index < -0.39 is 40.8 Å². The largest absolute Gasteiger partial charge is 0.493 e. The highest BCUT2D eigenvalue weighted by Crippen LogP contribution is 2.35. The summed E-state index contributed by atoms with van der Waals surface area (Å²) in [6, 6.07) is 10.7. The number of amides is 3. The van der Waals surface area contributed by atoms with Crippen LogP contribution in [0.15, 0.2) is 75.3 Å². The molecule has 3 amide bonds. The average molecular weight is 586 g/mol. The van der Waals surface area contributed by atoms with E-state index in [4.69, 9.17) is 13.9 Å². The molecule has 43 heavy (non-hydrogen) atoms. The van der Waals surface area contributed by atoms with E-state index in [-0.39, 0.29) is 34.0 Å². The summed E-state index contributed by atoms with van der Waals surface area (Å²) in [5, 5.41) is 3.09. The first-order valence-electron chi connectivity index (χ1n) is 13.4. The number of fused-ring (bicyclic) bond motifs is 1. The lowest BCUT2D eigenvalue weighted by atomic mass is 9.93. The van der Waals surface area contributed by atoms with E-state index in [1.165, 1.54) is 38.5 Å². The van der Waals surface area contributed by atoms with Crippen molar-refractivity contribution >= 4 is 57.3 Å². The number of rotatable bonds is 9. The zero-order valence-corrected chi connectivity index (χ0v) is 23.8. The van der Waals surface area contributed by atoms with E-state index >= 15 is 0 Å². The Morgan fingerprint density at radius 2 is 1.65 bits per heavy atom. The van der Waals surface area contributed by atoms with Crippen LogP contribution in [0.5, 0.6) is 0 Å².